The molecule has 17 heavy (non-hydrogen) atoms. The molecule has 0 amide bonds. The lowest BCUT2D eigenvalue weighted by molar-refractivity contribution is 0.231. The van der Waals surface area contributed by atoms with Gasteiger partial charge < -0.3 is 5.32 Å². The first-order valence-corrected chi connectivity index (χ1v) is 5.93. The summed E-state index contributed by atoms with van der Waals surface area (Å²) in [7, 11) is 1.86. The number of rotatable bonds is 4. The summed E-state index contributed by atoms with van der Waals surface area (Å²) in [5, 5.41) is 3.09. The Hall–Kier alpha value is -0.960. The molecule has 0 aliphatic rings. The van der Waals surface area contributed by atoms with E-state index in [2.05, 4.69) is 26.1 Å². The van der Waals surface area contributed by atoms with Gasteiger partial charge in [-0.15, -0.1) is 0 Å². The van der Waals surface area contributed by atoms with E-state index in [4.69, 9.17) is 0 Å². The first-order valence-electron chi connectivity index (χ1n) is 5.93. The zero-order chi connectivity index (χ0) is 13.1. The topological polar surface area (TPSA) is 12.0 Å². The molecule has 1 aromatic rings. The largest absolute Gasteiger partial charge is 0.319 e. The molecule has 0 bridgehead atoms. The van der Waals surface area contributed by atoms with E-state index in [1.807, 2.05) is 7.05 Å². The number of hydrogen-bond acceptors (Lipinski definition) is 1. The van der Waals surface area contributed by atoms with Gasteiger partial charge >= 0.3 is 0 Å². The second-order valence-electron chi connectivity index (χ2n) is 5.52. The summed E-state index contributed by atoms with van der Waals surface area (Å²) in [4.78, 5) is 0. The van der Waals surface area contributed by atoms with Crippen molar-refractivity contribution in [3.05, 3.63) is 35.4 Å². The molecule has 0 radical (unpaired) electrons. The van der Waals surface area contributed by atoms with Crippen LogP contribution in [-0.2, 0) is 6.42 Å². The molecule has 0 saturated heterocycles. The Balaban J connectivity index is 2.94. The van der Waals surface area contributed by atoms with E-state index in [1.165, 1.54) is 18.2 Å². The SMILES string of the molecule is CNCC(Cc1c(F)cccc1F)C(C)(C)C. The molecule has 0 fully saturated rings. The molecule has 3 heteroatoms. The number of nitrogens with one attached hydrogen (secondary N) is 1. The Morgan fingerprint density at radius 2 is 1.71 bits per heavy atom. The molecule has 1 unspecified atom stereocenters. The summed E-state index contributed by atoms with van der Waals surface area (Å²) in [5.74, 6) is -0.704. The lowest BCUT2D eigenvalue weighted by Crippen LogP contribution is -2.32. The minimum Gasteiger partial charge on any atom is -0.319 e. The minimum absolute atomic E-state index is 0.0116. The van der Waals surface area contributed by atoms with Crippen LogP contribution in [0.15, 0.2) is 18.2 Å². The van der Waals surface area contributed by atoms with E-state index < -0.39 is 11.6 Å². The molecule has 0 heterocycles. The zero-order valence-corrected chi connectivity index (χ0v) is 11.0. The van der Waals surface area contributed by atoms with Crippen molar-refractivity contribution < 1.29 is 8.78 Å². The van der Waals surface area contributed by atoms with E-state index in [1.54, 1.807) is 0 Å². The molecular formula is C14H21F2N. The van der Waals surface area contributed by atoms with Gasteiger partial charge in [-0.3, -0.25) is 0 Å². The molecule has 1 atom stereocenters. The number of halogens is 2. The van der Waals surface area contributed by atoms with Gasteiger partial charge in [0, 0.05) is 5.56 Å². The first-order chi connectivity index (χ1) is 7.86. The number of hydrogen-bond donors (Lipinski definition) is 1. The fourth-order valence-electron chi connectivity index (χ4n) is 1.90. The lowest BCUT2D eigenvalue weighted by atomic mass is 9.77. The molecule has 1 rings (SSSR count). The predicted molar refractivity (Wildman–Crippen MR) is 66.9 cm³/mol. The second kappa shape index (κ2) is 5.58. The fraction of sp³-hybridized carbons (Fsp3) is 0.571. The van der Waals surface area contributed by atoms with Gasteiger partial charge in [0.15, 0.2) is 0 Å². The minimum atomic E-state index is -0.449. The van der Waals surface area contributed by atoms with E-state index in [0.29, 0.717) is 6.42 Å². The summed E-state index contributed by atoms with van der Waals surface area (Å²) >= 11 is 0. The van der Waals surface area contributed by atoms with Crippen LogP contribution in [0, 0.1) is 23.0 Å². The maximum Gasteiger partial charge on any atom is 0.129 e. The van der Waals surface area contributed by atoms with Crippen molar-refractivity contribution in [1.29, 1.82) is 0 Å². The second-order valence-corrected chi connectivity index (χ2v) is 5.52. The monoisotopic (exact) mass is 241 g/mol. The molecule has 0 saturated carbocycles. The average Bonchev–Trinajstić information content (AvgIpc) is 2.20. The Labute approximate surface area is 102 Å². The van der Waals surface area contributed by atoms with Crippen molar-refractivity contribution in [2.75, 3.05) is 13.6 Å². The average molecular weight is 241 g/mol. The Bertz CT molecular complexity index is 349. The van der Waals surface area contributed by atoms with Crippen LogP contribution < -0.4 is 5.32 Å². The summed E-state index contributed by atoms with van der Waals surface area (Å²) in [6, 6.07) is 4.04. The van der Waals surface area contributed by atoms with E-state index in [0.717, 1.165) is 6.54 Å². The van der Waals surface area contributed by atoms with Crippen LogP contribution in [0.25, 0.3) is 0 Å². The van der Waals surface area contributed by atoms with Crippen molar-refractivity contribution in [2.45, 2.75) is 27.2 Å². The third kappa shape index (κ3) is 3.77. The van der Waals surface area contributed by atoms with Crippen LogP contribution in [0.4, 0.5) is 8.78 Å². The quantitative estimate of drug-likeness (QED) is 0.852. The van der Waals surface area contributed by atoms with Gasteiger partial charge in [0.05, 0.1) is 0 Å². The smallest absolute Gasteiger partial charge is 0.129 e. The van der Waals surface area contributed by atoms with Crippen molar-refractivity contribution in [3.63, 3.8) is 0 Å². The molecule has 0 spiro atoms. The van der Waals surface area contributed by atoms with E-state index >= 15 is 0 Å². The highest BCUT2D eigenvalue weighted by Crippen LogP contribution is 2.30. The van der Waals surface area contributed by atoms with Crippen molar-refractivity contribution in [2.24, 2.45) is 11.3 Å². The summed E-state index contributed by atoms with van der Waals surface area (Å²) in [5.41, 5.74) is 0.209. The van der Waals surface area contributed by atoms with Gasteiger partial charge in [-0.05, 0) is 43.5 Å². The Kier molecular flexibility index (Phi) is 4.63. The van der Waals surface area contributed by atoms with Crippen molar-refractivity contribution in [1.82, 2.24) is 5.32 Å². The normalized spacial score (nSPS) is 13.8. The van der Waals surface area contributed by atoms with Crippen LogP contribution in [0.3, 0.4) is 0 Å². The number of benzene rings is 1. The van der Waals surface area contributed by atoms with Gasteiger partial charge in [0.25, 0.3) is 0 Å². The first kappa shape index (κ1) is 14.1. The summed E-state index contributed by atoms with van der Waals surface area (Å²) < 4.78 is 27.2. The maximum absolute atomic E-state index is 13.6. The molecular weight excluding hydrogens is 220 g/mol. The van der Waals surface area contributed by atoms with Crippen LogP contribution in [-0.4, -0.2) is 13.6 Å². The molecule has 0 aliphatic heterocycles. The van der Waals surface area contributed by atoms with Gasteiger partial charge in [-0.25, -0.2) is 8.78 Å². The fourth-order valence-corrected chi connectivity index (χ4v) is 1.90. The van der Waals surface area contributed by atoms with E-state index in [-0.39, 0.29) is 16.9 Å². The highest BCUT2D eigenvalue weighted by atomic mass is 19.1. The molecule has 1 nitrogen and oxygen atoms in total. The maximum atomic E-state index is 13.6. The molecule has 1 aromatic carbocycles. The predicted octanol–water partition coefficient (Wildman–Crippen LogP) is 3.39. The molecule has 0 aliphatic carbocycles. The van der Waals surface area contributed by atoms with Gasteiger partial charge in [0.1, 0.15) is 11.6 Å². The Morgan fingerprint density at radius 3 is 2.12 bits per heavy atom. The third-order valence-electron chi connectivity index (χ3n) is 3.19. The van der Waals surface area contributed by atoms with Crippen LogP contribution >= 0.6 is 0 Å². The van der Waals surface area contributed by atoms with Gasteiger partial charge in [-0.2, -0.15) is 0 Å². The van der Waals surface area contributed by atoms with Crippen molar-refractivity contribution in [3.8, 4) is 0 Å². The highest BCUT2D eigenvalue weighted by molar-refractivity contribution is 5.20. The van der Waals surface area contributed by atoms with Gasteiger partial charge in [0.2, 0.25) is 0 Å². The zero-order valence-electron chi connectivity index (χ0n) is 11.0. The molecule has 1 N–H and O–H groups in total. The standard InChI is InChI=1S/C14H21F2N/c1-14(2,3)10(9-17-4)8-11-12(15)6-5-7-13(11)16/h5-7,10,17H,8-9H2,1-4H3. The van der Waals surface area contributed by atoms with E-state index in [9.17, 15) is 8.78 Å². The summed E-state index contributed by atoms with van der Waals surface area (Å²) in [6.07, 6.45) is 0.419. The van der Waals surface area contributed by atoms with Gasteiger partial charge in [-0.1, -0.05) is 26.8 Å². The molecule has 0 aromatic heterocycles. The van der Waals surface area contributed by atoms with Crippen LogP contribution in [0.1, 0.15) is 26.3 Å². The third-order valence-corrected chi connectivity index (χ3v) is 3.19. The summed E-state index contributed by atoms with van der Waals surface area (Å²) in [6.45, 7) is 7.02. The highest BCUT2D eigenvalue weighted by Gasteiger charge is 2.26. The van der Waals surface area contributed by atoms with Crippen LogP contribution in [0.5, 0.6) is 0 Å². The molecule has 96 valence electrons. The lowest BCUT2D eigenvalue weighted by Gasteiger charge is -2.31. The Morgan fingerprint density at radius 1 is 1.18 bits per heavy atom. The van der Waals surface area contributed by atoms with Crippen molar-refractivity contribution >= 4 is 0 Å². The van der Waals surface area contributed by atoms with Crippen LogP contribution in [0.2, 0.25) is 0 Å².